The first-order valence-electron chi connectivity index (χ1n) is 4.89. The number of thioether (sulfide) groups is 2. The molecule has 0 saturated carbocycles. The molecule has 1 saturated heterocycles. The third-order valence-corrected chi connectivity index (χ3v) is 4.85. The van der Waals surface area contributed by atoms with E-state index in [1.807, 2.05) is 37.4 Å². The lowest BCUT2D eigenvalue weighted by atomic mass is 10.1. The van der Waals surface area contributed by atoms with Gasteiger partial charge in [0, 0.05) is 17.3 Å². The molecule has 0 aromatic carbocycles. The minimum absolute atomic E-state index is 0.364. The Morgan fingerprint density at radius 1 is 1.47 bits per heavy atom. The van der Waals surface area contributed by atoms with E-state index < -0.39 is 5.54 Å². The highest BCUT2D eigenvalue weighted by Crippen LogP contribution is 2.35. The van der Waals surface area contributed by atoms with Crippen molar-refractivity contribution in [1.82, 2.24) is 10.1 Å². The van der Waals surface area contributed by atoms with Crippen LogP contribution in [0.5, 0.6) is 0 Å². The Bertz CT molecular complexity index is 328. The maximum absolute atomic E-state index is 5.89. The van der Waals surface area contributed by atoms with Gasteiger partial charge in [0.25, 0.3) is 0 Å². The Labute approximate surface area is 97.8 Å². The molecule has 2 rings (SSSR count). The predicted octanol–water partition coefficient (Wildman–Crippen LogP) is 1.78. The molecule has 0 amide bonds. The minimum atomic E-state index is -0.544. The second-order valence-electron chi connectivity index (χ2n) is 4.11. The van der Waals surface area contributed by atoms with Gasteiger partial charge in [0.05, 0.1) is 10.8 Å². The lowest BCUT2D eigenvalue weighted by molar-refractivity contribution is 0.310. The van der Waals surface area contributed by atoms with Crippen molar-refractivity contribution in [2.24, 2.45) is 5.73 Å². The molecule has 0 radical (unpaired) electrons. The first-order chi connectivity index (χ1) is 7.07. The molecule has 0 spiro atoms. The molecular weight excluding hydrogens is 230 g/mol. The topological polar surface area (TPSA) is 64.9 Å². The van der Waals surface area contributed by atoms with Crippen molar-refractivity contribution >= 4 is 23.5 Å². The van der Waals surface area contributed by atoms with E-state index in [1.165, 1.54) is 5.75 Å². The van der Waals surface area contributed by atoms with Gasteiger partial charge in [-0.1, -0.05) is 5.16 Å². The van der Waals surface area contributed by atoms with Crippen LogP contribution in [0.1, 0.15) is 30.8 Å². The van der Waals surface area contributed by atoms with E-state index in [9.17, 15) is 0 Å². The number of aromatic nitrogens is 2. The average Bonchev–Trinajstić information content (AvgIpc) is 2.67. The molecule has 1 unspecified atom stereocenters. The minimum Gasteiger partial charge on any atom is -0.337 e. The zero-order chi connectivity index (χ0) is 10.9. The normalized spacial score (nSPS) is 23.0. The Balaban J connectivity index is 2.12. The molecule has 1 aromatic heterocycles. The van der Waals surface area contributed by atoms with Crippen LogP contribution in [-0.2, 0) is 5.54 Å². The SMILES string of the molecule is CC(C)(N)c1nc(C2CSCCS2)no1. The van der Waals surface area contributed by atoms with E-state index in [0.29, 0.717) is 11.1 Å². The summed E-state index contributed by atoms with van der Waals surface area (Å²) in [5.74, 6) is 4.75. The molecule has 0 bridgehead atoms. The lowest BCUT2D eigenvalue weighted by Gasteiger charge is -2.17. The number of nitrogens with zero attached hydrogens (tertiary/aromatic N) is 2. The van der Waals surface area contributed by atoms with Crippen molar-refractivity contribution in [3.8, 4) is 0 Å². The van der Waals surface area contributed by atoms with Crippen LogP contribution in [0.4, 0.5) is 0 Å². The molecule has 1 aromatic rings. The zero-order valence-corrected chi connectivity index (χ0v) is 10.5. The van der Waals surface area contributed by atoms with Gasteiger partial charge in [-0.15, -0.1) is 11.8 Å². The maximum atomic E-state index is 5.89. The van der Waals surface area contributed by atoms with Crippen LogP contribution < -0.4 is 5.73 Å². The molecule has 1 fully saturated rings. The molecule has 1 aliphatic rings. The first-order valence-corrected chi connectivity index (χ1v) is 7.10. The Morgan fingerprint density at radius 3 is 2.80 bits per heavy atom. The van der Waals surface area contributed by atoms with Crippen molar-refractivity contribution in [3.63, 3.8) is 0 Å². The van der Waals surface area contributed by atoms with E-state index in [0.717, 1.165) is 17.3 Å². The first kappa shape index (κ1) is 11.3. The van der Waals surface area contributed by atoms with Crippen LogP contribution in [0.2, 0.25) is 0 Å². The van der Waals surface area contributed by atoms with Crippen molar-refractivity contribution in [3.05, 3.63) is 11.7 Å². The second-order valence-corrected chi connectivity index (χ2v) is 6.57. The highest BCUT2D eigenvalue weighted by atomic mass is 32.2. The Morgan fingerprint density at radius 2 is 2.27 bits per heavy atom. The lowest BCUT2D eigenvalue weighted by Crippen LogP contribution is -2.29. The van der Waals surface area contributed by atoms with Crippen molar-refractivity contribution < 1.29 is 4.52 Å². The summed E-state index contributed by atoms with van der Waals surface area (Å²) in [6.07, 6.45) is 0. The van der Waals surface area contributed by atoms with E-state index >= 15 is 0 Å². The summed E-state index contributed by atoms with van der Waals surface area (Å²) in [7, 11) is 0. The largest absolute Gasteiger partial charge is 0.337 e. The van der Waals surface area contributed by atoms with Gasteiger partial charge in [-0.25, -0.2) is 0 Å². The molecule has 2 heterocycles. The fraction of sp³-hybridized carbons (Fsp3) is 0.778. The summed E-state index contributed by atoms with van der Waals surface area (Å²) < 4.78 is 5.17. The molecule has 0 aliphatic carbocycles. The smallest absolute Gasteiger partial charge is 0.246 e. The number of hydrogen-bond acceptors (Lipinski definition) is 6. The van der Waals surface area contributed by atoms with Gasteiger partial charge in [0.15, 0.2) is 5.82 Å². The second kappa shape index (κ2) is 4.35. The van der Waals surface area contributed by atoms with Gasteiger partial charge in [0.1, 0.15) is 0 Å². The van der Waals surface area contributed by atoms with Crippen LogP contribution in [0.15, 0.2) is 4.52 Å². The van der Waals surface area contributed by atoms with Gasteiger partial charge in [-0.2, -0.15) is 16.7 Å². The van der Waals surface area contributed by atoms with Gasteiger partial charge in [-0.3, -0.25) is 0 Å². The maximum Gasteiger partial charge on any atom is 0.246 e. The molecule has 84 valence electrons. The zero-order valence-electron chi connectivity index (χ0n) is 8.90. The highest BCUT2D eigenvalue weighted by molar-refractivity contribution is 8.06. The van der Waals surface area contributed by atoms with Gasteiger partial charge in [-0.05, 0) is 13.8 Å². The molecule has 4 nitrogen and oxygen atoms in total. The highest BCUT2D eigenvalue weighted by Gasteiger charge is 2.26. The monoisotopic (exact) mass is 245 g/mol. The van der Waals surface area contributed by atoms with Crippen molar-refractivity contribution in [2.45, 2.75) is 24.6 Å². The summed E-state index contributed by atoms with van der Waals surface area (Å²) in [4.78, 5) is 4.37. The molecular formula is C9H15N3OS2. The summed E-state index contributed by atoms with van der Waals surface area (Å²) in [5, 5.41) is 4.37. The van der Waals surface area contributed by atoms with E-state index in [4.69, 9.17) is 10.3 Å². The van der Waals surface area contributed by atoms with E-state index in [1.54, 1.807) is 0 Å². The third-order valence-electron chi connectivity index (χ3n) is 2.10. The Hall–Kier alpha value is -0.200. The number of rotatable bonds is 2. The summed E-state index contributed by atoms with van der Waals surface area (Å²) in [6.45, 7) is 3.74. The number of nitrogens with two attached hydrogens (primary N) is 1. The van der Waals surface area contributed by atoms with Crippen LogP contribution in [0.3, 0.4) is 0 Å². The Kier molecular flexibility index (Phi) is 3.27. The fourth-order valence-corrected chi connectivity index (χ4v) is 3.85. The third kappa shape index (κ3) is 2.68. The molecule has 6 heteroatoms. The molecule has 2 N–H and O–H groups in total. The van der Waals surface area contributed by atoms with E-state index in [-0.39, 0.29) is 0 Å². The fourth-order valence-electron chi connectivity index (χ4n) is 1.26. The van der Waals surface area contributed by atoms with E-state index in [2.05, 4.69) is 10.1 Å². The van der Waals surface area contributed by atoms with Gasteiger partial charge in [0.2, 0.25) is 5.89 Å². The summed E-state index contributed by atoms with van der Waals surface area (Å²) in [5.41, 5.74) is 5.35. The van der Waals surface area contributed by atoms with Crippen LogP contribution in [-0.4, -0.2) is 27.4 Å². The van der Waals surface area contributed by atoms with Crippen LogP contribution in [0, 0.1) is 0 Å². The number of hydrogen-bond donors (Lipinski definition) is 1. The summed E-state index contributed by atoms with van der Waals surface area (Å²) in [6, 6.07) is 0. The van der Waals surface area contributed by atoms with Crippen molar-refractivity contribution in [2.75, 3.05) is 17.3 Å². The average molecular weight is 245 g/mol. The summed E-state index contributed by atoms with van der Waals surface area (Å²) >= 11 is 3.83. The van der Waals surface area contributed by atoms with Crippen LogP contribution >= 0.6 is 23.5 Å². The van der Waals surface area contributed by atoms with Crippen molar-refractivity contribution in [1.29, 1.82) is 0 Å². The molecule has 15 heavy (non-hydrogen) atoms. The molecule has 1 atom stereocenters. The van der Waals surface area contributed by atoms with Gasteiger partial charge >= 0.3 is 0 Å². The van der Waals surface area contributed by atoms with Crippen LogP contribution in [0.25, 0.3) is 0 Å². The standard InChI is InChI=1S/C9H15N3OS2/c1-9(2,10)8-11-7(12-13-8)6-5-14-3-4-15-6/h6H,3-5,10H2,1-2H3. The quantitative estimate of drug-likeness (QED) is 0.857. The molecule has 1 aliphatic heterocycles. The van der Waals surface area contributed by atoms with Gasteiger partial charge < -0.3 is 10.3 Å². The predicted molar refractivity (Wildman–Crippen MR) is 64.0 cm³/mol.